The second-order valence-electron chi connectivity index (χ2n) is 12.1. The van der Waals surface area contributed by atoms with E-state index in [1.165, 1.54) is 12.1 Å². The number of guanidine groups is 1. The number of hydrogen-bond acceptors (Lipinski definition) is 10. The zero-order valence-corrected chi connectivity index (χ0v) is 32.4. The molecule has 3 aromatic rings. The van der Waals surface area contributed by atoms with E-state index >= 15 is 0 Å². The number of nitrogens with zero attached hydrogens (tertiary/aromatic N) is 1. The second-order valence-corrected chi connectivity index (χ2v) is 12.1. The third kappa shape index (κ3) is 23.7. The molecule has 0 unspecified atom stereocenters. The molecule has 0 radical (unpaired) electrons. The van der Waals surface area contributed by atoms with Gasteiger partial charge in [0.05, 0.1) is 32.3 Å². The van der Waals surface area contributed by atoms with Crippen LogP contribution in [-0.4, -0.2) is 116 Å². The van der Waals surface area contributed by atoms with E-state index < -0.39 is 42.3 Å². The maximum atomic E-state index is 13.8. The first-order valence-electron chi connectivity index (χ1n) is 18.0. The topological polar surface area (TPSA) is 277 Å². The Hall–Kier alpha value is -6.46. The SMILES string of the molecule is NCCOCCOCCNC(=O)NC(N)=NCCC[C@H](NC(=O)C(c1ccccc1)c1ccccc1)C(=O)NCc1ccc(O)cc1.O=C(O)C(F)(F)F.O=C(O)C(F)(F)F. The highest BCUT2D eigenvalue weighted by Gasteiger charge is 2.39. The largest absolute Gasteiger partial charge is 0.508 e. The van der Waals surface area contributed by atoms with E-state index in [1.54, 1.807) is 12.1 Å². The minimum atomic E-state index is -5.08. The van der Waals surface area contributed by atoms with Gasteiger partial charge < -0.3 is 52.2 Å². The molecular formula is C38H47F6N7O10. The number of alkyl halides is 6. The highest BCUT2D eigenvalue weighted by molar-refractivity contribution is 5.95. The average Bonchev–Trinajstić information content (AvgIpc) is 3.20. The third-order valence-electron chi connectivity index (χ3n) is 7.39. The molecule has 11 N–H and O–H groups in total. The quantitative estimate of drug-likeness (QED) is 0.0364. The lowest BCUT2D eigenvalue weighted by Crippen LogP contribution is -2.48. The lowest BCUT2D eigenvalue weighted by molar-refractivity contribution is -0.193. The fourth-order valence-electron chi connectivity index (χ4n) is 4.57. The van der Waals surface area contributed by atoms with Gasteiger partial charge in [0.1, 0.15) is 11.8 Å². The standard InChI is InChI=1S/C34H45N7O6.2C2HF3O2/c35-17-20-46-22-23-47-21-19-38-34(45)41-33(36)37-18-7-12-29(31(43)39-24-25-13-15-28(42)16-14-25)40-32(44)30(26-8-3-1-4-9-26)27-10-5-2-6-11-27;2*3-2(4,5)1(6)7/h1-6,8-11,13-16,29-30,42H,7,12,17-24,35H2,(H,39,43)(H,40,44)(H4,36,37,38,41,45);2*(H,6,7)/t29-;;/m0../s1. The van der Waals surface area contributed by atoms with Crippen LogP contribution in [0.5, 0.6) is 5.75 Å². The van der Waals surface area contributed by atoms with Gasteiger partial charge >= 0.3 is 30.3 Å². The number of benzene rings is 3. The number of phenols is 1. The number of carbonyl (C=O) groups excluding carboxylic acids is 3. The van der Waals surface area contributed by atoms with E-state index in [2.05, 4.69) is 26.3 Å². The van der Waals surface area contributed by atoms with Crippen molar-refractivity contribution in [3.8, 4) is 5.75 Å². The minimum Gasteiger partial charge on any atom is -0.508 e. The molecule has 3 rings (SSSR count). The van der Waals surface area contributed by atoms with E-state index in [0.29, 0.717) is 39.4 Å². The van der Waals surface area contributed by atoms with Crippen molar-refractivity contribution in [3.05, 3.63) is 102 Å². The Bertz CT molecular complexity index is 1740. The van der Waals surface area contributed by atoms with Crippen LogP contribution >= 0.6 is 0 Å². The zero-order chi connectivity index (χ0) is 45.8. The summed E-state index contributed by atoms with van der Waals surface area (Å²) < 4.78 is 74.0. The maximum Gasteiger partial charge on any atom is 0.490 e. The molecule has 3 aromatic carbocycles. The molecule has 0 heterocycles. The van der Waals surface area contributed by atoms with E-state index in [0.717, 1.165) is 16.7 Å². The van der Waals surface area contributed by atoms with Gasteiger partial charge in [-0.1, -0.05) is 72.8 Å². The number of carboxylic acids is 2. The van der Waals surface area contributed by atoms with Crippen molar-refractivity contribution in [2.24, 2.45) is 16.5 Å². The Morgan fingerprint density at radius 3 is 1.67 bits per heavy atom. The van der Waals surface area contributed by atoms with Gasteiger partial charge in [0.15, 0.2) is 5.96 Å². The molecule has 17 nitrogen and oxygen atoms in total. The first-order valence-corrected chi connectivity index (χ1v) is 18.0. The summed E-state index contributed by atoms with van der Waals surface area (Å²) in [4.78, 5) is 61.2. The second kappa shape index (κ2) is 28.1. The highest BCUT2D eigenvalue weighted by atomic mass is 19.4. The predicted molar refractivity (Wildman–Crippen MR) is 207 cm³/mol. The molecule has 0 saturated heterocycles. The Kier molecular flexibility index (Phi) is 24.2. The van der Waals surface area contributed by atoms with Crippen LogP contribution in [0.15, 0.2) is 89.9 Å². The van der Waals surface area contributed by atoms with Crippen molar-refractivity contribution in [1.82, 2.24) is 21.3 Å². The van der Waals surface area contributed by atoms with E-state index in [1.807, 2.05) is 60.7 Å². The third-order valence-corrected chi connectivity index (χ3v) is 7.39. The van der Waals surface area contributed by atoms with Crippen molar-refractivity contribution >= 4 is 35.7 Å². The number of carbonyl (C=O) groups is 5. The van der Waals surface area contributed by atoms with Crippen LogP contribution < -0.4 is 32.7 Å². The van der Waals surface area contributed by atoms with Gasteiger partial charge in [-0.05, 0) is 41.7 Å². The summed E-state index contributed by atoms with van der Waals surface area (Å²) in [6, 6.07) is 23.8. The number of rotatable bonds is 19. The molecule has 1 atom stereocenters. The Morgan fingerprint density at radius 2 is 1.20 bits per heavy atom. The van der Waals surface area contributed by atoms with Crippen LogP contribution in [0.3, 0.4) is 0 Å². The molecule has 0 aliphatic heterocycles. The molecule has 0 fully saturated rings. The number of aromatic hydroxyl groups is 1. The number of nitrogens with one attached hydrogen (secondary N) is 4. The van der Waals surface area contributed by atoms with Gasteiger partial charge in [-0.3, -0.25) is 19.9 Å². The summed E-state index contributed by atoms with van der Waals surface area (Å²) >= 11 is 0. The minimum absolute atomic E-state index is 0.0795. The van der Waals surface area contributed by atoms with Crippen LogP contribution in [0, 0.1) is 0 Å². The van der Waals surface area contributed by atoms with Gasteiger partial charge in [0.2, 0.25) is 11.8 Å². The fourth-order valence-corrected chi connectivity index (χ4v) is 4.57. The van der Waals surface area contributed by atoms with Crippen LogP contribution in [0.4, 0.5) is 31.1 Å². The summed E-state index contributed by atoms with van der Waals surface area (Å²) in [6.45, 7) is 2.71. The molecule has 0 aliphatic carbocycles. The van der Waals surface area contributed by atoms with Crippen LogP contribution in [0.25, 0.3) is 0 Å². The van der Waals surface area contributed by atoms with Gasteiger partial charge in [0, 0.05) is 26.2 Å². The van der Waals surface area contributed by atoms with Gasteiger partial charge in [0.25, 0.3) is 0 Å². The van der Waals surface area contributed by atoms with E-state index in [-0.39, 0.29) is 49.6 Å². The molecule has 4 amide bonds. The summed E-state index contributed by atoms with van der Waals surface area (Å²) in [6.07, 6.45) is -9.51. The smallest absolute Gasteiger partial charge is 0.490 e. The predicted octanol–water partition coefficient (Wildman–Crippen LogP) is 2.98. The molecule has 0 spiro atoms. The van der Waals surface area contributed by atoms with Crippen molar-refractivity contribution in [2.75, 3.05) is 46.1 Å². The number of carboxylic acid groups (broad SMARTS) is 2. The molecule has 0 aromatic heterocycles. The number of aliphatic imine (C=N–C) groups is 1. The Labute approximate surface area is 345 Å². The molecule has 336 valence electrons. The fraction of sp³-hybridized carbons (Fsp3) is 0.368. The first kappa shape index (κ1) is 52.6. The van der Waals surface area contributed by atoms with Crippen LogP contribution in [0.1, 0.15) is 35.4 Å². The Morgan fingerprint density at radius 1 is 0.705 bits per heavy atom. The average molecular weight is 876 g/mol. The Balaban J connectivity index is 0.00000114. The summed E-state index contributed by atoms with van der Waals surface area (Å²) in [5, 5.41) is 34.7. The molecule has 61 heavy (non-hydrogen) atoms. The number of aliphatic carboxylic acids is 2. The summed E-state index contributed by atoms with van der Waals surface area (Å²) in [5.41, 5.74) is 13.6. The van der Waals surface area contributed by atoms with Crippen molar-refractivity contribution < 1.29 is 75.1 Å². The first-order chi connectivity index (χ1) is 28.8. The maximum absolute atomic E-state index is 13.8. The molecule has 23 heteroatoms. The summed E-state index contributed by atoms with van der Waals surface area (Å²) in [5.74, 6) is -6.78. The monoisotopic (exact) mass is 875 g/mol. The van der Waals surface area contributed by atoms with E-state index in [9.17, 15) is 45.8 Å². The van der Waals surface area contributed by atoms with Crippen molar-refractivity contribution in [3.63, 3.8) is 0 Å². The number of ether oxygens (including phenoxy) is 2. The molecular weight excluding hydrogens is 828 g/mol. The van der Waals surface area contributed by atoms with Crippen LogP contribution in [0.2, 0.25) is 0 Å². The zero-order valence-electron chi connectivity index (χ0n) is 32.4. The number of hydrogen-bond donors (Lipinski definition) is 9. The van der Waals surface area contributed by atoms with Crippen molar-refractivity contribution in [1.29, 1.82) is 0 Å². The molecule has 0 saturated carbocycles. The lowest BCUT2D eigenvalue weighted by Gasteiger charge is -2.23. The van der Waals surface area contributed by atoms with Crippen LogP contribution in [-0.2, 0) is 35.2 Å². The molecule has 0 bridgehead atoms. The number of phenolic OH excluding ortho intramolecular Hbond substituents is 1. The van der Waals surface area contributed by atoms with Gasteiger partial charge in [-0.25, -0.2) is 14.4 Å². The number of halogens is 6. The number of amides is 4. The molecule has 0 aliphatic rings. The number of nitrogens with two attached hydrogens (primary N) is 2. The lowest BCUT2D eigenvalue weighted by atomic mass is 9.90. The number of urea groups is 1. The van der Waals surface area contributed by atoms with Crippen molar-refractivity contribution in [2.45, 2.75) is 43.7 Å². The summed E-state index contributed by atoms with van der Waals surface area (Å²) in [7, 11) is 0. The van der Waals surface area contributed by atoms with E-state index in [4.69, 9.17) is 40.7 Å². The van der Waals surface area contributed by atoms with Gasteiger partial charge in [-0.15, -0.1) is 0 Å². The highest BCUT2D eigenvalue weighted by Crippen LogP contribution is 2.25. The normalized spacial score (nSPS) is 11.8. The van der Waals surface area contributed by atoms with Gasteiger partial charge in [-0.2, -0.15) is 26.3 Å².